The lowest BCUT2D eigenvalue weighted by molar-refractivity contribution is 0.218. The molecule has 0 bridgehead atoms. The minimum absolute atomic E-state index is 0.347. The Bertz CT molecular complexity index is 504. The number of H-pyrrole nitrogens is 1. The second-order valence-corrected chi connectivity index (χ2v) is 5.15. The van der Waals surface area contributed by atoms with Gasteiger partial charge in [-0.15, -0.1) is 5.10 Å². The van der Waals surface area contributed by atoms with Gasteiger partial charge in [0.15, 0.2) is 5.82 Å². The van der Waals surface area contributed by atoms with Crippen molar-refractivity contribution in [2.75, 3.05) is 19.5 Å². The summed E-state index contributed by atoms with van der Waals surface area (Å²) in [7, 11) is 1.67. The highest BCUT2D eigenvalue weighted by molar-refractivity contribution is 7.99. The number of hydrogen-bond donors (Lipinski definition) is 1. The number of thioether (sulfide) groups is 1. The summed E-state index contributed by atoms with van der Waals surface area (Å²) in [6.45, 7) is 1.02. The second-order valence-electron chi connectivity index (χ2n) is 3.65. The monoisotopic (exact) mass is 299 g/mol. The fourth-order valence-electron chi connectivity index (χ4n) is 1.31. The fourth-order valence-corrected chi connectivity index (χ4v) is 2.15. The summed E-state index contributed by atoms with van der Waals surface area (Å²) < 4.78 is 10.5. The van der Waals surface area contributed by atoms with Crippen LogP contribution < -0.4 is 4.74 Å². The molecule has 19 heavy (non-hydrogen) atoms. The molecule has 0 amide bonds. The van der Waals surface area contributed by atoms with Crippen LogP contribution in [0.4, 0.5) is 0 Å². The van der Waals surface area contributed by atoms with Crippen LogP contribution in [0.3, 0.4) is 0 Å². The van der Waals surface area contributed by atoms with Crippen LogP contribution in [0, 0.1) is 0 Å². The van der Waals surface area contributed by atoms with Gasteiger partial charge < -0.3 is 9.47 Å². The molecule has 1 N–H and O–H groups in total. The Balaban J connectivity index is 1.81. The molecule has 1 aromatic carbocycles. The molecule has 0 aliphatic carbocycles. The van der Waals surface area contributed by atoms with Gasteiger partial charge in [0.1, 0.15) is 12.4 Å². The van der Waals surface area contributed by atoms with Crippen molar-refractivity contribution in [2.24, 2.45) is 0 Å². The van der Waals surface area contributed by atoms with Gasteiger partial charge in [0.2, 0.25) is 5.16 Å². The summed E-state index contributed by atoms with van der Waals surface area (Å²) in [6.07, 6.45) is 0. The maximum absolute atomic E-state index is 5.80. The van der Waals surface area contributed by atoms with Crippen LogP contribution in [-0.4, -0.2) is 34.7 Å². The predicted molar refractivity (Wildman–Crippen MR) is 74.8 cm³/mol. The number of methoxy groups -OCH3 is 1. The van der Waals surface area contributed by atoms with Crippen molar-refractivity contribution < 1.29 is 9.47 Å². The van der Waals surface area contributed by atoms with E-state index in [1.165, 1.54) is 11.8 Å². The highest BCUT2D eigenvalue weighted by Gasteiger charge is 2.04. The smallest absolute Gasteiger partial charge is 0.208 e. The summed E-state index contributed by atoms with van der Waals surface area (Å²) in [5, 5.41) is 8.31. The topological polar surface area (TPSA) is 60.0 Å². The normalized spacial score (nSPS) is 10.6. The number of aromatic amines is 1. The van der Waals surface area contributed by atoms with Gasteiger partial charge in [0.25, 0.3) is 0 Å². The third-order valence-corrected chi connectivity index (χ3v) is 3.28. The van der Waals surface area contributed by atoms with E-state index in [9.17, 15) is 0 Å². The molecule has 2 rings (SSSR count). The van der Waals surface area contributed by atoms with Crippen molar-refractivity contribution in [3.05, 3.63) is 35.1 Å². The molecular weight excluding hydrogens is 286 g/mol. The Morgan fingerprint density at radius 2 is 2.11 bits per heavy atom. The summed E-state index contributed by atoms with van der Waals surface area (Å²) in [5.74, 6) is 2.26. The number of nitrogens with one attached hydrogen (secondary N) is 1. The largest absolute Gasteiger partial charge is 0.486 e. The van der Waals surface area contributed by atoms with Crippen molar-refractivity contribution in [3.8, 4) is 5.75 Å². The first-order chi connectivity index (χ1) is 9.28. The number of hydrogen-bond acceptors (Lipinski definition) is 5. The van der Waals surface area contributed by atoms with Gasteiger partial charge in [0, 0.05) is 17.9 Å². The lowest BCUT2D eigenvalue weighted by Gasteiger charge is -2.03. The average Bonchev–Trinajstić information content (AvgIpc) is 2.86. The van der Waals surface area contributed by atoms with E-state index < -0.39 is 0 Å². The van der Waals surface area contributed by atoms with Crippen LogP contribution in [0.15, 0.2) is 29.4 Å². The molecule has 0 saturated heterocycles. The van der Waals surface area contributed by atoms with E-state index in [0.29, 0.717) is 29.2 Å². The zero-order chi connectivity index (χ0) is 13.5. The third kappa shape index (κ3) is 4.74. The molecule has 0 atom stereocenters. The van der Waals surface area contributed by atoms with E-state index in [1.807, 2.05) is 12.1 Å². The summed E-state index contributed by atoms with van der Waals surface area (Å²) >= 11 is 7.33. The molecule has 0 fully saturated rings. The molecule has 0 aliphatic heterocycles. The lowest BCUT2D eigenvalue weighted by Crippen LogP contribution is -1.97. The minimum Gasteiger partial charge on any atom is -0.486 e. The Kier molecular flexibility index (Phi) is 5.50. The molecule has 0 radical (unpaired) electrons. The maximum Gasteiger partial charge on any atom is 0.208 e. The predicted octanol–water partition coefficient (Wildman–Crippen LogP) is 2.78. The quantitative estimate of drug-likeness (QED) is 0.629. The molecule has 1 aromatic heterocycles. The summed E-state index contributed by atoms with van der Waals surface area (Å²) in [6, 6.07) is 7.19. The molecule has 2 aromatic rings. The Morgan fingerprint density at radius 1 is 1.32 bits per heavy atom. The fraction of sp³-hybridized carbons (Fsp3) is 0.333. The Morgan fingerprint density at radius 3 is 2.84 bits per heavy atom. The number of aromatic nitrogens is 3. The molecule has 0 aliphatic rings. The van der Waals surface area contributed by atoms with Crippen LogP contribution in [0.2, 0.25) is 5.02 Å². The van der Waals surface area contributed by atoms with E-state index in [0.717, 1.165) is 11.5 Å². The number of nitrogens with zero attached hydrogens (tertiary/aromatic N) is 2. The minimum atomic E-state index is 0.347. The van der Waals surface area contributed by atoms with Gasteiger partial charge in [-0.1, -0.05) is 23.4 Å². The van der Waals surface area contributed by atoms with Crippen LogP contribution in [0.5, 0.6) is 5.75 Å². The number of halogens is 1. The number of benzene rings is 1. The zero-order valence-electron chi connectivity index (χ0n) is 10.4. The second kappa shape index (κ2) is 7.37. The van der Waals surface area contributed by atoms with E-state index in [-0.39, 0.29) is 0 Å². The van der Waals surface area contributed by atoms with Crippen LogP contribution >= 0.6 is 23.4 Å². The van der Waals surface area contributed by atoms with Gasteiger partial charge in [-0.25, -0.2) is 4.98 Å². The third-order valence-electron chi connectivity index (χ3n) is 2.22. The first-order valence-corrected chi connectivity index (χ1v) is 7.05. The zero-order valence-corrected chi connectivity index (χ0v) is 12.0. The average molecular weight is 300 g/mol. The molecule has 7 heteroatoms. The SMILES string of the molecule is COCCSc1n[nH]c(COc2ccc(Cl)cc2)n1. The Labute approximate surface area is 120 Å². The van der Waals surface area contributed by atoms with Crippen molar-refractivity contribution in [3.63, 3.8) is 0 Å². The van der Waals surface area contributed by atoms with Crippen LogP contribution in [0.25, 0.3) is 0 Å². The molecule has 0 unspecified atom stereocenters. The van der Waals surface area contributed by atoms with Crippen LogP contribution in [0.1, 0.15) is 5.82 Å². The summed E-state index contributed by atoms with van der Waals surface area (Å²) in [4.78, 5) is 4.30. The first kappa shape index (κ1) is 14.2. The maximum atomic E-state index is 5.80. The van der Waals surface area contributed by atoms with Crippen molar-refractivity contribution in [1.29, 1.82) is 0 Å². The molecule has 1 heterocycles. The molecule has 5 nitrogen and oxygen atoms in total. The Hall–Kier alpha value is -1.24. The summed E-state index contributed by atoms with van der Waals surface area (Å²) in [5.41, 5.74) is 0. The first-order valence-electron chi connectivity index (χ1n) is 5.69. The highest BCUT2D eigenvalue weighted by atomic mass is 35.5. The lowest BCUT2D eigenvalue weighted by atomic mass is 10.3. The van der Waals surface area contributed by atoms with E-state index in [4.69, 9.17) is 21.1 Å². The van der Waals surface area contributed by atoms with E-state index >= 15 is 0 Å². The standard InChI is InChI=1S/C12H14ClN3O2S/c1-17-6-7-19-12-14-11(15-16-12)8-18-10-4-2-9(13)3-5-10/h2-5H,6-8H2,1H3,(H,14,15,16). The van der Waals surface area contributed by atoms with Crippen molar-refractivity contribution in [1.82, 2.24) is 15.2 Å². The highest BCUT2D eigenvalue weighted by Crippen LogP contribution is 2.17. The van der Waals surface area contributed by atoms with Gasteiger partial charge in [-0.3, -0.25) is 5.10 Å². The molecule has 0 spiro atoms. The van der Waals surface area contributed by atoms with Gasteiger partial charge in [0.05, 0.1) is 6.61 Å². The number of rotatable bonds is 7. The van der Waals surface area contributed by atoms with E-state index in [1.54, 1.807) is 19.2 Å². The van der Waals surface area contributed by atoms with Crippen LogP contribution in [-0.2, 0) is 11.3 Å². The number of ether oxygens (including phenoxy) is 2. The van der Waals surface area contributed by atoms with Gasteiger partial charge in [-0.05, 0) is 24.3 Å². The van der Waals surface area contributed by atoms with Crippen molar-refractivity contribution >= 4 is 23.4 Å². The molecule has 102 valence electrons. The molecule has 0 saturated carbocycles. The van der Waals surface area contributed by atoms with E-state index in [2.05, 4.69) is 15.2 Å². The molecular formula is C12H14ClN3O2S. The van der Waals surface area contributed by atoms with Gasteiger partial charge >= 0.3 is 0 Å². The van der Waals surface area contributed by atoms with Gasteiger partial charge in [-0.2, -0.15) is 0 Å². The van der Waals surface area contributed by atoms with Crippen molar-refractivity contribution in [2.45, 2.75) is 11.8 Å².